The van der Waals surface area contributed by atoms with E-state index in [9.17, 15) is 17.6 Å². The molecular weight excluding hydrogens is 494 g/mol. The number of sulfonamides is 1. The number of carbonyl (C=O) groups is 1. The monoisotopic (exact) mass is 518 g/mol. The van der Waals surface area contributed by atoms with Gasteiger partial charge in [-0.3, -0.25) is 4.79 Å². The second-order valence-electron chi connectivity index (χ2n) is 7.60. The van der Waals surface area contributed by atoms with Gasteiger partial charge in [-0.2, -0.15) is 11.8 Å². The maximum atomic E-state index is 13.8. The van der Waals surface area contributed by atoms with E-state index in [4.69, 9.17) is 23.2 Å². The van der Waals surface area contributed by atoms with E-state index in [1.54, 1.807) is 30.0 Å². The summed E-state index contributed by atoms with van der Waals surface area (Å²) in [5, 5.41) is 4.16. The van der Waals surface area contributed by atoms with E-state index >= 15 is 0 Å². The first kappa shape index (κ1) is 25.3. The number of rotatable bonds is 9. The fourth-order valence-corrected chi connectivity index (χ4v) is 6.50. The Morgan fingerprint density at radius 1 is 1.12 bits per heavy atom. The fourth-order valence-electron chi connectivity index (χ4n) is 3.51. The van der Waals surface area contributed by atoms with E-state index in [-0.39, 0.29) is 36.2 Å². The Morgan fingerprint density at radius 3 is 2.53 bits per heavy atom. The van der Waals surface area contributed by atoms with Gasteiger partial charge in [-0.25, -0.2) is 17.1 Å². The molecule has 0 bridgehead atoms. The van der Waals surface area contributed by atoms with Gasteiger partial charge in [0.2, 0.25) is 15.9 Å². The maximum Gasteiger partial charge on any atom is 0.223 e. The summed E-state index contributed by atoms with van der Waals surface area (Å²) in [7, 11) is -3.63. The lowest BCUT2D eigenvalue weighted by molar-refractivity contribution is -0.125. The third kappa shape index (κ3) is 7.09. The van der Waals surface area contributed by atoms with Gasteiger partial charge in [0.1, 0.15) is 5.82 Å². The van der Waals surface area contributed by atoms with E-state index in [0.717, 1.165) is 17.1 Å². The average molecular weight is 519 g/mol. The van der Waals surface area contributed by atoms with Gasteiger partial charge in [-0.05, 0) is 36.6 Å². The number of piperidine rings is 1. The summed E-state index contributed by atoms with van der Waals surface area (Å²) in [6.45, 7) is 1.05. The van der Waals surface area contributed by atoms with Crippen LogP contribution in [0.5, 0.6) is 0 Å². The van der Waals surface area contributed by atoms with E-state index in [2.05, 4.69) is 5.32 Å². The van der Waals surface area contributed by atoms with Crippen molar-refractivity contribution in [1.29, 1.82) is 0 Å². The van der Waals surface area contributed by atoms with Gasteiger partial charge in [0.05, 0.1) is 5.75 Å². The molecule has 1 aliphatic heterocycles. The molecule has 0 aliphatic carbocycles. The summed E-state index contributed by atoms with van der Waals surface area (Å²) in [6, 6.07) is 11.3. The van der Waals surface area contributed by atoms with E-state index in [1.165, 1.54) is 22.5 Å². The van der Waals surface area contributed by atoms with Gasteiger partial charge in [0.25, 0.3) is 0 Å². The Labute approximate surface area is 202 Å². The summed E-state index contributed by atoms with van der Waals surface area (Å²) in [5.74, 6) is 0.296. The van der Waals surface area contributed by atoms with Crippen molar-refractivity contribution in [2.45, 2.75) is 24.3 Å². The van der Waals surface area contributed by atoms with Crippen molar-refractivity contribution < 1.29 is 17.6 Å². The number of thioether (sulfide) groups is 1. The van der Waals surface area contributed by atoms with Crippen molar-refractivity contribution in [2.24, 2.45) is 5.92 Å². The average Bonchev–Trinajstić information content (AvgIpc) is 2.76. The second-order valence-corrected chi connectivity index (χ2v) is 11.5. The topological polar surface area (TPSA) is 66.5 Å². The molecule has 0 radical (unpaired) electrons. The minimum Gasteiger partial charge on any atom is -0.355 e. The molecule has 1 amide bonds. The molecule has 1 N–H and O–H groups in total. The van der Waals surface area contributed by atoms with Crippen LogP contribution in [0.2, 0.25) is 10.0 Å². The first-order valence-corrected chi connectivity index (χ1v) is 13.8. The standard InChI is InChI=1S/C22H25Cl2FN2O3S2/c23-19-6-5-17(20(24)13-19)14-31-12-9-26-22(28)16-7-10-27(11-8-16)32(29,30)15-18-3-1-2-4-21(18)25/h1-6,13,16H,7-12,14-15H2,(H,26,28). The molecule has 0 aromatic heterocycles. The van der Waals surface area contributed by atoms with Crippen molar-refractivity contribution in [3.05, 3.63) is 69.5 Å². The van der Waals surface area contributed by atoms with Crippen LogP contribution in [-0.4, -0.2) is 44.0 Å². The van der Waals surface area contributed by atoms with Crippen molar-refractivity contribution in [2.75, 3.05) is 25.4 Å². The molecule has 2 aromatic carbocycles. The highest BCUT2D eigenvalue weighted by Gasteiger charge is 2.31. The minimum absolute atomic E-state index is 0.0544. The highest BCUT2D eigenvalue weighted by atomic mass is 35.5. The zero-order valence-corrected chi connectivity index (χ0v) is 20.5. The third-order valence-electron chi connectivity index (χ3n) is 5.33. The number of halogens is 3. The predicted molar refractivity (Wildman–Crippen MR) is 129 cm³/mol. The smallest absolute Gasteiger partial charge is 0.223 e. The summed E-state index contributed by atoms with van der Waals surface area (Å²) in [5.41, 5.74) is 1.15. The van der Waals surface area contributed by atoms with Crippen LogP contribution in [0.1, 0.15) is 24.0 Å². The summed E-state index contributed by atoms with van der Waals surface area (Å²) >= 11 is 13.7. The van der Waals surface area contributed by atoms with Gasteiger partial charge in [-0.15, -0.1) is 0 Å². The zero-order chi connectivity index (χ0) is 23.1. The molecule has 3 rings (SSSR count). The lowest BCUT2D eigenvalue weighted by Crippen LogP contribution is -2.43. The number of carbonyl (C=O) groups excluding carboxylic acids is 1. The lowest BCUT2D eigenvalue weighted by atomic mass is 9.97. The Bertz CT molecular complexity index is 1050. The predicted octanol–water partition coefficient (Wildman–Crippen LogP) is 4.72. The molecule has 174 valence electrons. The van der Waals surface area contributed by atoms with Crippen LogP contribution in [0.15, 0.2) is 42.5 Å². The Balaban J connectivity index is 1.38. The highest BCUT2D eigenvalue weighted by molar-refractivity contribution is 7.98. The largest absolute Gasteiger partial charge is 0.355 e. The minimum atomic E-state index is -3.63. The SMILES string of the molecule is O=C(NCCSCc1ccc(Cl)cc1Cl)C1CCN(S(=O)(=O)Cc2ccccc2F)CC1. The molecule has 0 saturated carbocycles. The van der Waals surface area contributed by atoms with Gasteiger partial charge in [0.15, 0.2) is 0 Å². The number of nitrogens with zero attached hydrogens (tertiary/aromatic N) is 1. The molecule has 32 heavy (non-hydrogen) atoms. The molecule has 1 aliphatic rings. The fraction of sp³-hybridized carbons (Fsp3) is 0.409. The second kappa shape index (κ2) is 11.7. The first-order chi connectivity index (χ1) is 15.3. The Hall–Kier alpha value is -1.32. The number of hydrogen-bond donors (Lipinski definition) is 1. The number of nitrogens with one attached hydrogen (secondary N) is 1. The van der Waals surface area contributed by atoms with Crippen LogP contribution >= 0.6 is 35.0 Å². The van der Waals surface area contributed by atoms with Gasteiger partial charge in [0, 0.05) is 52.7 Å². The molecular formula is C22H25Cl2FN2O3S2. The zero-order valence-electron chi connectivity index (χ0n) is 17.4. The molecule has 1 fully saturated rings. The van der Waals surface area contributed by atoms with Gasteiger partial charge in [-0.1, -0.05) is 47.5 Å². The van der Waals surface area contributed by atoms with Crippen LogP contribution in [0, 0.1) is 11.7 Å². The molecule has 1 saturated heterocycles. The number of benzene rings is 2. The summed E-state index contributed by atoms with van der Waals surface area (Å²) in [4.78, 5) is 12.4. The van der Waals surface area contributed by atoms with E-state index < -0.39 is 15.8 Å². The molecule has 5 nitrogen and oxygen atoms in total. The summed E-state index contributed by atoms with van der Waals surface area (Å²) < 4.78 is 40.4. The molecule has 1 heterocycles. The van der Waals surface area contributed by atoms with Crippen molar-refractivity contribution in [3.8, 4) is 0 Å². The van der Waals surface area contributed by atoms with E-state index in [1.807, 2.05) is 6.07 Å². The third-order valence-corrected chi connectivity index (χ3v) is 8.75. The van der Waals surface area contributed by atoms with Gasteiger partial charge >= 0.3 is 0 Å². The number of hydrogen-bond acceptors (Lipinski definition) is 4. The van der Waals surface area contributed by atoms with Crippen LogP contribution in [-0.2, 0) is 26.3 Å². The van der Waals surface area contributed by atoms with Crippen LogP contribution in [0.25, 0.3) is 0 Å². The van der Waals surface area contributed by atoms with Crippen LogP contribution < -0.4 is 5.32 Å². The highest BCUT2D eigenvalue weighted by Crippen LogP contribution is 2.25. The van der Waals surface area contributed by atoms with Crippen molar-refractivity contribution in [3.63, 3.8) is 0 Å². The van der Waals surface area contributed by atoms with Crippen molar-refractivity contribution in [1.82, 2.24) is 9.62 Å². The molecule has 2 aromatic rings. The first-order valence-electron chi connectivity index (χ1n) is 10.3. The Morgan fingerprint density at radius 2 is 1.84 bits per heavy atom. The molecule has 0 atom stereocenters. The summed E-state index contributed by atoms with van der Waals surface area (Å²) in [6.07, 6.45) is 0.908. The van der Waals surface area contributed by atoms with Crippen LogP contribution in [0.4, 0.5) is 4.39 Å². The molecule has 0 spiro atoms. The lowest BCUT2D eigenvalue weighted by Gasteiger charge is -2.30. The number of amides is 1. The maximum absolute atomic E-state index is 13.8. The van der Waals surface area contributed by atoms with Crippen molar-refractivity contribution >= 4 is 50.9 Å². The quantitative estimate of drug-likeness (QED) is 0.487. The molecule has 10 heteroatoms. The Kier molecular flexibility index (Phi) is 9.25. The van der Waals surface area contributed by atoms with Crippen LogP contribution in [0.3, 0.4) is 0 Å². The normalized spacial score (nSPS) is 15.6. The van der Waals surface area contributed by atoms with E-state index in [0.29, 0.717) is 29.4 Å². The van der Waals surface area contributed by atoms with Gasteiger partial charge < -0.3 is 5.32 Å². The molecule has 0 unspecified atom stereocenters.